The predicted molar refractivity (Wildman–Crippen MR) is 78.0 cm³/mol. The van der Waals surface area contributed by atoms with Gasteiger partial charge in [0, 0.05) is 18.0 Å². The molecule has 2 aromatic rings. The van der Waals surface area contributed by atoms with Crippen molar-refractivity contribution in [3.8, 4) is 0 Å². The number of hydrogen-bond acceptors (Lipinski definition) is 2. The number of para-hydroxylation sites is 1. The summed E-state index contributed by atoms with van der Waals surface area (Å²) in [5, 5.41) is 11.8. The Bertz CT molecular complexity index is 579. The van der Waals surface area contributed by atoms with E-state index in [1.807, 2.05) is 30.5 Å². The molecule has 0 atom stereocenters. The summed E-state index contributed by atoms with van der Waals surface area (Å²) in [5.74, 6) is 1.35. The minimum atomic E-state index is -0.501. The largest absolute Gasteiger partial charge is 0.390 e. The molecule has 3 rings (SSSR count). The summed E-state index contributed by atoms with van der Waals surface area (Å²) in [5.41, 5.74) is 1.73. The molecule has 2 nitrogen and oxygen atoms in total. The third kappa shape index (κ3) is 2.37. The lowest BCUT2D eigenvalue weighted by Gasteiger charge is -2.46. The van der Waals surface area contributed by atoms with Crippen LogP contribution in [-0.2, 0) is 6.42 Å². The van der Waals surface area contributed by atoms with Crippen molar-refractivity contribution < 1.29 is 5.11 Å². The van der Waals surface area contributed by atoms with Gasteiger partial charge < -0.3 is 5.11 Å². The topological polar surface area (TPSA) is 33.1 Å². The van der Waals surface area contributed by atoms with Gasteiger partial charge in [0.2, 0.25) is 0 Å². The lowest BCUT2D eigenvalue weighted by atomic mass is 9.64. The number of benzene rings is 1. The summed E-state index contributed by atoms with van der Waals surface area (Å²) in [6, 6.07) is 10.2. The van der Waals surface area contributed by atoms with E-state index in [4.69, 9.17) is 0 Å². The second-order valence-corrected chi connectivity index (χ2v) is 6.30. The number of fused-ring (bicyclic) bond motifs is 1. The summed E-state index contributed by atoms with van der Waals surface area (Å²) >= 11 is 0. The lowest BCUT2D eigenvalue weighted by molar-refractivity contribution is -0.0858. The third-order valence-corrected chi connectivity index (χ3v) is 4.49. The summed E-state index contributed by atoms with van der Waals surface area (Å²) in [6.07, 6.45) is 4.46. The summed E-state index contributed by atoms with van der Waals surface area (Å²) in [6.45, 7) is 4.48. The van der Waals surface area contributed by atoms with Crippen molar-refractivity contribution in [3.05, 3.63) is 42.1 Å². The number of hydrogen-bond donors (Lipinski definition) is 1. The van der Waals surface area contributed by atoms with E-state index in [-0.39, 0.29) is 0 Å². The SMILES string of the molecule is CC(C)C1CC(O)(Cc2ccnc3ccccc23)C1. The van der Waals surface area contributed by atoms with Gasteiger partial charge in [0.1, 0.15) is 0 Å². The van der Waals surface area contributed by atoms with Gasteiger partial charge in [-0.15, -0.1) is 0 Å². The highest BCUT2D eigenvalue weighted by molar-refractivity contribution is 5.81. The maximum atomic E-state index is 10.6. The number of aromatic nitrogens is 1. The molecule has 0 radical (unpaired) electrons. The van der Waals surface area contributed by atoms with Gasteiger partial charge in [0.15, 0.2) is 0 Å². The van der Waals surface area contributed by atoms with Gasteiger partial charge in [0.05, 0.1) is 11.1 Å². The second-order valence-electron chi connectivity index (χ2n) is 6.30. The Morgan fingerprint density at radius 1 is 1.26 bits per heavy atom. The molecule has 1 N–H and O–H groups in total. The fraction of sp³-hybridized carbons (Fsp3) is 0.471. The first-order chi connectivity index (χ1) is 9.07. The molecule has 0 unspecified atom stereocenters. The molecule has 1 aromatic heterocycles. The fourth-order valence-corrected chi connectivity index (χ4v) is 3.20. The highest BCUT2D eigenvalue weighted by Crippen LogP contribution is 2.44. The van der Waals surface area contributed by atoms with Crippen LogP contribution in [0.15, 0.2) is 36.5 Å². The Labute approximate surface area is 114 Å². The van der Waals surface area contributed by atoms with Crippen molar-refractivity contribution in [3.63, 3.8) is 0 Å². The molecular formula is C17H21NO. The number of aliphatic hydroxyl groups is 1. The van der Waals surface area contributed by atoms with Crippen LogP contribution in [0.2, 0.25) is 0 Å². The van der Waals surface area contributed by atoms with Crippen LogP contribution < -0.4 is 0 Å². The van der Waals surface area contributed by atoms with E-state index in [9.17, 15) is 5.11 Å². The van der Waals surface area contributed by atoms with E-state index >= 15 is 0 Å². The van der Waals surface area contributed by atoms with E-state index in [1.165, 1.54) is 10.9 Å². The molecule has 1 fully saturated rings. The zero-order valence-corrected chi connectivity index (χ0v) is 11.6. The maximum absolute atomic E-state index is 10.6. The Morgan fingerprint density at radius 3 is 2.74 bits per heavy atom. The highest BCUT2D eigenvalue weighted by atomic mass is 16.3. The van der Waals surface area contributed by atoms with E-state index in [2.05, 4.69) is 24.9 Å². The van der Waals surface area contributed by atoms with Crippen molar-refractivity contribution in [1.29, 1.82) is 0 Å². The average Bonchev–Trinajstić information content (AvgIpc) is 2.36. The molecule has 0 amide bonds. The summed E-state index contributed by atoms with van der Waals surface area (Å²) < 4.78 is 0. The first-order valence-electron chi connectivity index (χ1n) is 7.12. The molecule has 1 aliphatic carbocycles. The monoisotopic (exact) mass is 255 g/mol. The minimum Gasteiger partial charge on any atom is -0.390 e. The minimum absolute atomic E-state index is 0.501. The first kappa shape index (κ1) is 12.6. The molecule has 1 aliphatic rings. The van der Waals surface area contributed by atoms with Gasteiger partial charge in [-0.05, 0) is 42.4 Å². The molecule has 0 bridgehead atoms. The second kappa shape index (κ2) is 4.61. The predicted octanol–water partition coefficient (Wildman–Crippen LogP) is 3.57. The quantitative estimate of drug-likeness (QED) is 0.909. The van der Waals surface area contributed by atoms with Crippen LogP contribution in [0.25, 0.3) is 10.9 Å². The van der Waals surface area contributed by atoms with Crippen molar-refractivity contribution in [2.24, 2.45) is 11.8 Å². The Morgan fingerprint density at radius 2 is 2.00 bits per heavy atom. The van der Waals surface area contributed by atoms with E-state index < -0.39 is 5.60 Å². The van der Waals surface area contributed by atoms with E-state index in [1.54, 1.807) is 0 Å². The Kier molecular flexibility index (Phi) is 3.06. The molecule has 0 aliphatic heterocycles. The summed E-state index contributed by atoms with van der Waals surface area (Å²) in [4.78, 5) is 4.38. The van der Waals surface area contributed by atoms with Crippen molar-refractivity contribution in [1.82, 2.24) is 4.98 Å². The molecule has 100 valence electrons. The van der Waals surface area contributed by atoms with Gasteiger partial charge in [0.25, 0.3) is 0 Å². The average molecular weight is 255 g/mol. The number of nitrogens with zero attached hydrogens (tertiary/aromatic N) is 1. The zero-order chi connectivity index (χ0) is 13.5. The number of rotatable bonds is 3. The van der Waals surface area contributed by atoms with Crippen LogP contribution in [0.5, 0.6) is 0 Å². The standard InChI is InChI=1S/C17H21NO/c1-12(2)14-10-17(19,11-14)9-13-7-8-18-16-6-4-3-5-15(13)16/h3-8,12,14,19H,9-11H2,1-2H3. The van der Waals surface area contributed by atoms with Gasteiger partial charge in [-0.3, -0.25) is 4.98 Å². The van der Waals surface area contributed by atoms with Gasteiger partial charge in [-0.1, -0.05) is 32.0 Å². The molecular weight excluding hydrogens is 234 g/mol. The van der Waals surface area contributed by atoms with Gasteiger partial charge in [-0.25, -0.2) is 0 Å². The van der Waals surface area contributed by atoms with Crippen LogP contribution in [0.3, 0.4) is 0 Å². The Balaban J connectivity index is 1.83. The molecule has 2 heteroatoms. The van der Waals surface area contributed by atoms with Crippen LogP contribution >= 0.6 is 0 Å². The smallest absolute Gasteiger partial charge is 0.0704 e. The molecule has 19 heavy (non-hydrogen) atoms. The summed E-state index contributed by atoms with van der Waals surface area (Å²) in [7, 11) is 0. The number of pyridine rings is 1. The molecule has 1 saturated carbocycles. The van der Waals surface area contributed by atoms with Crippen LogP contribution in [0, 0.1) is 11.8 Å². The van der Waals surface area contributed by atoms with Crippen molar-refractivity contribution in [2.75, 3.05) is 0 Å². The van der Waals surface area contributed by atoms with Crippen LogP contribution in [-0.4, -0.2) is 15.7 Å². The Hall–Kier alpha value is -1.41. The molecule has 0 spiro atoms. The van der Waals surface area contributed by atoms with Crippen LogP contribution in [0.4, 0.5) is 0 Å². The van der Waals surface area contributed by atoms with Crippen molar-refractivity contribution >= 4 is 10.9 Å². The first-order valence-corrected chi connectivity index (χ1v) is 7.12. The molecule has 0 saturated heterocycles. The van der Waals surface area contributed by atoms with Gasteiger partial charge in [-0.2, -0.15) is 0 Å². The fourth-order valence-electron chi connectivity index (χ4n) is 3.20. The highest BCUT2D eigenvalue weighted by Gasteiger charge is 2.43. The lowest BCUT2D eigenvalue weighted by Crippen LogP contribution is -2.47. The third-order valence-electron chi connectivity index (χ3n) is 4.49. The molecule has 1 aromatic carbocycles. The maximum Gasteiger partial charge on any atom is 0.0704 e. The van der Waals surface area contributed by atoms with Gasteiger partial charge >= 0.3 is 0 Å². The normalized spacial score (nSPS) is 26.6. The zero-order valence-electron chi connectivity index (χ0n) is 11.6. The van der Waals surface area contributed by atoms with Crippen LogP contribution in [0.1, 0.15) is 32.3 Å². The van der Waals surface area contributed by atoms with E-state index in [0.29, 0.717) is 11.8 Å². The van der Waals surface area contributed by atoms with Crippen molar-refractivity contribution in [2.45, 2.75) is 38.7 Å². The van der Waals surface area contributed by atoms with E-state index in [0.717, 1.165) is 24.8 Å². The molecule has 1 heterocycles.